The topological polar surface area (TPSA) is 76.7 Å². The van der Waals surface area contributed by atoms with Crippen molar-refractivity contribution in [1.82, 2.24) is 5.32 Å². The number of hydrogen-bond acceptors (Lipinski definition) is 4. The summed E-state index contributed by atoms with van der Waals surface area (Å²) in [5, 5.41) is 5.20. The Balaban J connectivity index is 1.93. The van der Waals surface area contributed by atoms with E-state index < -0.39 is 12.2 Å². The van der Waals surface area contributed by atoms with Crippen molar-refractivity contribution in [2.24, 2.45) is 0 Å². The lowest BCUT2D eigenvalue weighted by molar-refractivity contribution is 0.174. The van der Waals surface area contributed by atoms with Crippen molar-refractivity contribution >= 4 is 17.9 Å². The number of carbonyl (C=O) groups excluding carboxylic acids is 2. The Kier molecular flexibility index (Phi) is 5.19. The van der Waals surface area contributed by atoms with E-state index in [1.807, 2.05) is 31.2 Å². The Hall–Kier alpha value is -2.76. The van der Waals surface area contributed by atoms with Crippen molar-refractivity contribution in [3.05, 3.63) is 53.4 Å². The number of benzene rings is 1. The second kappa shape index (κ2) is 7.31. The first-order valence-electron chi connectivity index (χ1n) is 6.88. The predicted octanol–water partition coefficient (Wildman–Crippen LogP) is 3.46. The molecular formula is C16H18N2O4. The Morgan fingerprint density at radius 3 is 2.73 bits per heavy atom. The fourth-order valence-corrected chi connectivity index (χ4v) is 2.00. The van der Waals surface area contributed by atoms with Crippen LogP contribution in [-0.2, 0) is 9.47 Å². The molecule has 0 radical (unpaired) electrons. The van der Waals surface area contributed by atoms with Gasteiger partial charge in [0.05, 0.1) is 7.11 Å². The van der Waals surface area contributed by atoms with E-state index in [-0.39, 0.29) is 0 Å². The first-order chi connectivity index (χ1) is 10.6. The van der Waals surface area contributed by atoms with Gasteiger partial charge in [0, 0.05) is 23.9 Å². The Morgan fingerprint density at radius 1 is 1.18 bits per heavy atom. The van der Waals surface area contributed by atoms with Gasteiger partial charge in [0.1, 0.15) is 5.76 Å². The number of rotatable bonds is 3. The number of allylic oxidation sites excluding steroid dienone is 3. The van der Waals surface area contributed by atoms with E-state index in [0.29, 0.717) is 30.0 Å². The Labute approximate surface area is 128 Å². The molecule has 22 heavy (non-hydrogen) atoms. The van der Waals surface area contributed by atoms with Gasteiger partial charge in [-0.1, -0.05) is 18.2 Å². The molecule has 116 valence electrons. The summed E-state index contributed by atoms with van der Waals surface area (Å²) in [6.07, 6.45) is 3.58. The molecular weight excluding hydrogens is 284 g/mol. The third-order valence-corrected chi connectivity index (χ3v) is 2.99. The number of anilines is 1. The molecule has 1 aromatic rings. The van der Waals surface area contributed by atoms with Gasteiger partial charge in [-0.3, -0.25) is 10.6 Å². The molecule has 0 bridgehead atoms. The minimum absolute atomic E-state index is 0.485. The monoisotopic (exact) mass is 302 g/mol. The van der Waals surface area contributed by atoms with E-state index in [9.17, 15) is 9.59 Å². The van der Waals surface area contributed by atoms with E-state index >= 15 is 0 Å². The van der Waals surface area contributed by atoms with Crippen LogP contribution in [0.2, 0.25) is 0 Å². The van der Waals surface area contributed by atoms with Crippen LogP contribution in [0.25, 0.3) is 0 Å². The molecule has 0 spiro atoms. The maximum Gasteiger partial charge on any atom is 0.416 e. The largest absolute Gasteiger partial charge is 0.453 e. The van der Waals surface area contributed by atoms with Gasteiger partial charge in [0.2, 0.25) is 0 Å². The SMILES string of the molecule is COC(=O)NC1=CCCC(OC(=O)Nc2cccc(C)c2)=C1. The molecule has 0 saturated carbocycles. The lowest BCUT2D eigenvalue weighted by atomic mass is 10.1. The molecule has 0 fully saturated rings. The van der Waals surface area contributed by atoms with E-state index in [1.165, 1.54) is 7.11 Å². The number of nitrogens with one attached hydrogen (secondary N) is 2. The van der Waals surface area contributed by atoms with E-state index in [0.717, 1.165) is 5.56 Å². The first-order valence-corrected chi connectivity index (χ1v) is 6.88. The highest BCUT2D eigenvalue weighted by Gasteiger charge is 2.13. The van der Waals surface area contributed by atoms with Gasteiger partial charge in [-0.2, -0.15) is 0 Å². The molecule has 2 rings (SSSR count). The summed E-state index contributed by atoms with van der Waals surface area (Å²) in [4.78, 5) is 23.0. The zero-order valence-electron chi connectivity index (χ0n) is 12.5. The summed E-state index contributed by atoms with van der Waals surface area (Å²) < 4.78 is 9.78. The molecule has 1 aliphatic rings. The van der Waals surface area contributed by atoms with Crippen LogP contribution in [-0.4, -0.2) is 19.3 Å². The highest BCUT2D eigenvalue weighted by molar-refractivity contribution is 5.85. The van der Waals surface area contributed by atoms with Gasteiger partial charge in [-0.15, -0.1) is 0 Å². The van der Waals surface area contributed by atoms with E-state index in [2.05, 4.69) is 15.4 Å². The number of carbonyl (C=O) groups is 2. The van der Waals surface area contributed by atoms with Gasteiger partial charge < -0.3 is 9.47 Å². The summed E-state index contributed by atoms with van der Waals surface area (Å²) in [6.45, 7) is 1.94. The second-order valence-corrected chi connectivity index (χ2v) is 4.81. The maximum atomic E-state index is 11.9. The first kappa shape index (κ1) is 15.6. The molecule has 0 aromatic heterocycles. The average Bonchev–Trinajstić information content (AvgIpc) is 2.47. The van der Waals surface area contributed by atoms with Crippen molar-refractivity contribution in [2.75, 3.05) is 12.4 Å². The Morgan fingerprint density at radius 2 is 2.00 bits per heavy atom. The number of aryl methyl sites for hydroxylation is 1. The lowest BCUT2D eigenvalue weighted by Gasteiger charge is -2.15. The minimum Gasteiger partial charge on any atom is -0.453 e. The number of methoxy groups -OCH3 is 1. The molecule has 1 aromatic carbocycles. The van der Waals surface area contributed by atoms with Crippen molar-refractivity contribution in [3.63, 3.8) is 0 Å². The van der Waals surface area contributed by atoms with Gasteiger partial charge >= 0.3 is 12.2 Å². The number of amides is 2. The molecule has 2 N–H and O–H groups in total. The highest BCUT2D eigenvalue weighted by atomic mass is 16.6. The van der Waals surface area contributed by atoms with Crippen LogP contribution in [0.15, 0.2) is 47.9 Å². The molecule has 0 unspecified atom stereocenters. The van der Waals surface area contributed by atoms with Crippen LogP contribution < -0.4 is 10.6 Å². The lowest BCUT2D eigenvalue weighted by Crippen LogP contribution is -2.23. The summed E-state index contributed by atoms with van der Waals surface area (Å²) in [5.74, 6) is 0.485. The second-order valence-electron chi connectivity index (χ2n) is 4.81. The van der Waals surface area contributed by atoms with Crippen molar-refractivity contribution in [1.29, 1.82) is 0 Å². The average molecular weight is 302 g/mol. The molecule has 0 atom stereocenters. The zero-order chi connectivity index (χ0) is 15.9. The van der Waals surface area contributed by atoms with E-state index in [4.69, 9.17) is 4.74 Å². The Bertz CT molecular complexity index is 635. The van der Waals surface area contributed by atoms with Gasteiger partial charge in [0.15, 0.2) is 0 Å². The normalized spacial score (nSPS) is 13.5. The van der Waals surface area contributed by atoms with Gasteiger partial charge in [0.25, 0.3) is 0 Å². The molecule has 0 heterocycles. The van der Waals surface area contributed by atoms with Gasteiger partial charge in [-0.25, -0.2) is 9.59 Å². The smallest absolute Gasteiger partial charge is 0.416 e. The summed E-state index contributed by atoms with van der Waals surface area (Å²) >= 11 is 0. The van der Waals surface area contributed by atoms with Crippen LogP contribution in [0.4, 0.5) is 15.3 Å². The van der Waals surface area contributed by atoms with Gasteiger partial charge in [-0.05, 0) is 31.0 Å². The summed E-state index contributed by atoms with van der Waals surface area (Å²) in [5.41, 5.74) is 2.27. The van der Waals surface area contributed by atoms with Crippen molar-refractivity contribution in [2.45, 2.75) is 19.8 Å². The van der Waals surface area contributed by atoms with Crippen LogP contribution >= 0.6 is 0 Å². The third kappa shape index (κ3) is 4.66. The van der Waals surface area contributed by atoms with Crippen LogP contribution in [0, 0.1) is 6.92 Å². The van der Waals surface area contributed by atoms with Crippen LogP contribution in [0.5, 0.6) is 0 Å². The quantitative estimate of drug-likeness (QED) is 0.896. The van der Waals surface area contributed by atoms with Crippen LogP contribution in [0.1, 0.15) is 18.4 Å². The predicted molar refractivity (Wildman–Crippen MR) is 82.2 cm³/mol. The molecule has 1 aliphatic carbocycles. The number of hydrogen-bond donors (Lipinski definition) is 2. The highest BCUT2D eigenvalue weighted by Crippen LogP contribution is 2.18. The fraction of sp³-hybridized carbons (Fsp3) is 0.250. The molecule has 6 nitrogen and oxygen atoms in total. The molecule has 0 aliphatic heterocycles. The molecule has 6 heteroatoms. The third-order valence-electron chi connectivity index (χ3n) is 2.99. The summed E-state index contributed by atoms with van der Waals surface area (Å²) in [6, 6.07) is 7.43. The number of ether oxygens (including phenoxy) is 2. The van der Waals surface area contributed by atoms with E-state index in [1.54, 1.807) is 12.1 Å². The fourth-order valence-electron chi connectivity index (χ4n) is 2.00. The number of alkyl carbamates (subject to hydrolysis) is 1. The zero-order valence-corrected chi connectivity index (χ0v) is 12.5. The minimum atomic E-state index is -0.562. The molecule has 2 amide bonds. The summed E-state index contributed by atoms with van der Waals surface area (Å²) in [7, 11) is 1.29. The van der Waals surface area contributed by atoms with Crippen LogP contribution in [0.3, 0.4) is 0 Å². The molecule has 0 saturated heterocycles. The van der Waals surface area contributed by atoms with Crippen molar-refractivity contribution in [3.8, 4) is 0 Å². The maximum absolute atomic E-state index is 11.9. The van der Waals surface area contributed by atoms with Crippen molar-refractivity contribution < 1.29 is 19.1 Å². The standard InChI is InChI=1S/C16H18N2O4/c1-11-5-3-6-12(9-11)18-16(20)22-14-8-4-7-13(10-14)17-15(19)21-2/h3,5-7,9-10H,4,8H2,1-2H3,(H,17,19)(H,18,20).